The second-order valence-electron chi connectivity index (χ2n) is 6.41. The van der Waals surface area contributed by atoms with Crippen molar-refractivity contribution in [2.24, 2.45) is 0 Å². The summed E-state index contributed by atoms with van der Waals surface area (Å²) in [6.07, 6.45) is 6.55. The Hall–Kier alpha value is -3.06. The molecule has 0 N–H and O–H groups in total. The van der Waals surface area contributed by atoms with Crippen LogP contribution in [0.5, 0.6) is 0 Å². The van der Waals surface area contributed by atoms with Crippen LogP contribution >= 0.6 is 0 Å². The average Bonchev–Trinajstić information content (AvgIpc) is 3.36. The minimum atomic E-state index is -1.87. The first-order valence-corrected chi connectivity index (χ1v) is 11.1. The van der Waals surface area contributed by atoms with Crippen molar-refractivity contribution >= 4 is 18.4 Å². The summed E-state index contributed by atoms with van der Waals surface area (Å²) in [7, 11) is -1.87. The molecule has 6 nitrogen and oxygen atoms in total. The van der Waals surface area contributed by atoms with E-state index < -0.39 is 8.07 Å². The number of hydrogen-bond acceptors (Lipinski definition) is 4. The molecule has 0 aliphatic rings. The summed E-state index contributed by atoms with van der Waals surface area (Å²) in [4.78, 5) is 8.07. The van der Waals surface area contributed by atoms with Crippen LogP contribution < -0.4 is 10.4 Å². The summed E-state index contributed by atoms with van der Waals surface area (Å²) in [6, 6.07) is 17.1. The van der Waals surface area contributed by atoms with E-state index in [0.29, 0.717) is 0 Å². The van der Waals surface area contributed by atoms with E-state index in [9.17, 15) is 0 Å². The van der Waals surface area contributed by atoms with Gasteiger partial charge in [-0.2, -0.15) is 10.2 Å². The van der Waals surface area contributed by atoms with Crippen LogP contribution in [0.1, 0.15) is 0 Å². The number of rotatable bonds is 4. The molecule has 0 spiro atoms. The van der Waals surface area contributed by atoms with E-state index >= 15 is 0 Å². The molecule has 0 unspecified atom stereocenters. The van der Waals surface area contributed by atoms with Gasteiger partial charge in [-0.1, -0.05) is 47.7 Å². The smallest absolute Gasteiger partial charge is 0.138 e. The lowest BCUT2D eigenvalue weighted by molar-refractivity contribution is 0.879. The van der Waals surface area contributed by atoms with Gasteiger partial charge in [-0.25, -0.2) is 19.3 Å². The highest BCUT2D eigenvalue weighted by molar-refractivity contribution is 7.00. The van der Waals surface area contributed by atoms with Crippen LogP contribution in [0.15, 0.2) is 73.8 Å². The maximum atomic E-state index is 4.23. The van der Waals surface area contributed by atoms with Gasteiger partial charge < -0.3 is 0 Å². The second-order valence-corrected chi connectivity index (χ2v) is 10.8. The van der Waals surface area contributed by atoms with E-state index in [2.05, 4.69) is 81.8 Å². The van der Waals surface area contributed by atoms with Crippen LogP contribution in [-0.2, 0) is 0 Å². The number of aromatic nitrogens is 6. The van der Waals surface area contributed by atoms with Crippen molar-refractivity contribution in [1.82, 2.24) is 29.5 Å². The zero-order valence-electron chi connectivity index (χ0n) is 14.1. The lowest BCUT2D eigenvalue weighted by Gasteiger charge is -2.24. The van der Waals surface area contributed by atoms with Gasteiger partial charge in [-0.15, -0.1) is 0 Å². The normalized spacial score (nSPS) is 11.6. The predicted molar refractivity (Wildman–Crippen MR) is 99.5 cm³/mol. The van der Waals surface area contributed by atoms with E-state index in [1.165, 1.54) is 10.4 Å². The van der Waals surface area contributed by atoms with Crippen LogP contribution in [0.4, 0.5) is 0 Å². The summed E-state index contributed by atoms with van der Waals surface area (Å²) in [6.45, 7) is 4.71. The molecule has 124 valence electrons. The van der Waals surface area contributed by atoms with E-state index in [-0.39, 0.29) is 0 Å². The fourth-order valence-corrected chi connectivity index (χ4v) is 5.30. The van der Waals surface area contributed by atoms with Crippen molar-refractivity contribution in [3.05, 3.63) is 73.8 Å². The molecule has 0 saturated heterocycles. The van der Waals surface area contributed by atoms with Gasteiger partial charge in [0.2, 0.25) is 0 Å². The molecule has 25 heavy (non-hydrogen) atoms. The summed E-state index contributed by atoms with van der Waals surface area (Å²) in [5.74, 6) is 0. The van der Waals surface area contributed by atoms with Crippen molar-refractivity contribution < 1.29 is 0 Å². The van der Waals surface area contributed by atoms with Crippen LogP contribution in [0, 0.1) is 0 Å². The third-order valence-electron chi connectivity index (χ3n) is 4.50. The van der Waals surface area contributed by atoms with Crippen molar-refractivity contribution in [2.45, 2.75) is 13.1 Å². The largest absolute Gasteiger partial charge is 0.223 e. The van der Waals surface area contributed by atoms with E-state index in [1.807, 2.05) is 0 Å². The second kappa shape index (κ2) is 6.10. The minimum Gasteiger partial charge on any atom is -0.223 e. The summed E-state index contributed by atoms with van der Waals surface area (Å²) >= 11 is 0. The van der Waals surface area contributed by atoms with Gasteiger partial charge >= 0.3 is 0 Å². The average molecular weight is 346 g/mol. The van der Waals surface area contributed by atoms with Gasteiger partial charge in [-0.05, 0) is 24.3 Å². The molecule has 0 saturated carbocycles. The molecule has 2 heterocycles. The van der Waals surface area contributed by atoms with Crippen LogP contribution in [-0.4, -0.2) is 37.6 Å². The van der Waals surface area contributed by atoms with Gasteiger partial charge in [0.15, 0.2) is 0 Å². The molecule has 0 aliphatic heterocycles. The first-order chi connectivity index (χ1) is 12.1. The summed E-state index contributed by atoms with van der Waals surface area (Å²) in [5, 5.41) is 11.2. The van der Waals surface area contributed by atoms with Gasteiger partial charge in [0.1, 0.15) is 33.4 Å². The third-order valence-corrected chi connectivity index (χ3v) is 8.01. The molecule has 4 rings (SSSR count). The third kappa shape index (κ3) is 2.89. The van der Waals surface area contributed by atoms with Crippen molar-refractivity contribution in [3.8, 4) is 11.4 Å². The lowest BCUT2D eigenvalue weighted by Crippen LogP contribution is -2.53. The van der Waals surface area contributed by atoms with Crippen molar-refractivity contribution in [1.29, 1.82) is 0 Å². The first-order valence-electron chi connectivity index (χ1n) is 8.06. The van der Waals surface area contributed by atoms with E-state index in [0.717, 1.165) is 11.4 Å². The Morgan fingerprint density at radius 1 is 0.720 bits per heavy atom. The molecule has 4 aromatic rings. The number of benzene rings is 2. The Bertz CT molecular complexity index is 897. The lowest BCUT2D eigenvalue weighted by atomic mass is 10.3. The fourth-order valence-electron chi connectivity index (χ4n) is 2.92. The maximum Gasteiger partial charge on any atom is 0.138 e. The Balaban J connectivity index is 1.75. The maximum absolute atomic E-state index is 4.23. The zero-order valence-corrected chi connectivity index (χ0v) is 15.1. The Labute approximate surface area is 146 Å². The highest BCUT2D eigenvalue weighted by atomic mass is 28.3. The van der Waals surface area contributed by atoms with Crippen LogP contribution in [0.2, 0.25) is 13.1 Å². The highest BCUT2D eigenvalue weighted by Crippen LogP contribution is 2.11. The molecular formula is C18H18N6Si. The van der Waals surface area contributed by atoms with E-state index in [1.54, 1.807) is 34.7 Å². The molecule has 0 fully saturated rings. The minimum absolute atomic E-state index is 1.03. The molecule has 0 radical (unpaired) electrons. The highest BCUT2D eigenvalue weighted by Gasteiger charge is 2.26. The molecule has 0 aliphatic carbocycles. The number of hydrogen-bond donors (Lipinski definition) is 0. The first kappa shape index (κ1) is 15.5. The SMILES string of the molecule is C[Si](C)(c1cccc(-n2cncn2)c1)c1cccc(-n2cncn2)c1. The topological polar surface area (TPSA) is 61.4 Å². The van der Waals surface area contributed by atoms with Gasteiger partial charge in [-0.3, -0.25) is 0 Å². The molecule has 2 aromatic carbocycles. The quantitative estimate of drug-likeness (QED) is 0.528. The summed E-state index contributed by atoms with van der Waals surface area (Å²) < 4.78 is 3.58. The Morgan fingerprint density at radius 2 is 1.20 bits per heavy atom. The Morgan fingerprint density at radius 3 is 1.60 bits per heavy atom. The molecule has 0 amide bonds. The van der Waals surface area contributed by atoms with Crippen molar-refractivity contribution in [2.75, 3.05) is 0 Å². The van der Waals surface area contributed by atoms with E-state index in [4.69, 9.17) is 0 Å². The standard InChI is InChI=1S/C18H18N6Si/c1-25(2,17-7-3-5-15(9-17)23-13-19-11-21-23)18-8-4-6-16(10-18)24-14-20-12-22-24/h3-14H,1-2H3. The molecule has 2 aromatic heterocycles. The van der Waals surface area contributed by atoms with Gasteiger partial charge in [0, 0.05) is 0 Å². The van der Waals surface area contributed by atoms with Gasteiger partial charge in [0.05, 0.1) is 11.4 Å². The van der Waals surface area contributed by atoms with Crippen LogP contribution in [0.25, 0.3) is 11.4 Å². The predicted octanol–water partition coefficient (Wildman–Crippen LogP) is 1.67. The summed E-state index contributed by atoms with van der Waals surface area (Å²) in [5.41, 5.74) is 2.06. The monoisotopic (exact) mass is 346 g/mol. The molecular weight excluding hydrogens is 328 g/mol. The van der Waals surface area contributed by atoms with Crippen molar-refractivity contribution in [3.63, 3.8) is 0 Å². The van der Waals surface area contributed by atoms with Crippen LogP contribution in [0.3, 0.4) is 0 Å². The molecule has 7 heteroatoms. The zero-order chi connectivity index (χ0) is 17.3. The van der Waals surface area contributed by atoms with Gasteiger partial charge in [0.25, 0.3) is 0 Å². The molecule has 0 atom stereocenters. The molecule has 0 bridgehead atoms. The Kier molecular flexibility index (Phi) is 3.77. The number of nitrogens with zero attached hydrogens (tertiary/aromatic N) is 6. The fraction of sp³-hybridized carbons (Fsp3) is 0.111.